The Bertz CT molecular complexity index is 1300. The topological polar surface area (TPSA) is 118 Å². The highest BCUT2D eigenvalue weighted by atomic mass is 35.5. The molecule has 37 heavy (non-hydrogen) atoms. The van der Waals surface area contributed by atoms with Crippen LogP contribution in [0.3, 0.4) is 0 Å². The number of carbonyl (C=O) groups excluding carboxylic acids is 2. The van der Waals surface area contributed by atoms with Crippen molar-refractivity contribution in [3.8, 4) is 5.75 Å². The van der Waals surface area contributed by atoms with Gasteiger partial charge in [0.15, 0.2) is 5.82 Å². The zero-order valence-electron chi connectivity index (χ0n) is 20.9. The minimum atomic E-state index is -0.237. The number of nitrogens with zero attached hydrogens (tertiary/aromatic N) is 3. The van der Waals surface area contributed by atoms with Crippen molar-refractivity contribution >= 4 is 52.2 Å². The van der Waals surface area contributed by atoms with Gasteiger partial charge in [0.05, 0.1) is 42.5 Å². The molecule has 0 saturated heterocycles. The minimum Gasteiger partial charge on any atom is -0.494 e. The molecule has 2 heterocycles. The van der Waals surface area contributed by atoms with Crippen LogP contribution in [0.4, 0.5) is 28.8 Å². The van der Waals surface area contributed by atoms with Gasteiger partial charge in [0, 0.05) is 32.7 Å². The predicted molar refractivity (Wildman–Crippen MR) is 144 cm³/mol. The minimum absolute atomic E-state index is 0.0624. The fourth-order valence-corrected chi connectivity index (χ4v) is 4.38. The Morgan fingerprint density at radius 1 is 1.11 bits per heavy atom. The monoisotopic (exact) mass is 524 g/mol. The molecule has 0 radical (unpaired) electrons. The van der Waals surface area contributed by atoms with E-state index in [1.54, 1.807) is 44.4 Å². The Kier molecular flexibility index (Phi) is 8.42. The van der Waals surface area contributed by atoms with E-state index < -0.39 is 0 Å². The summed E-state index contributed by atoms with van der Waals surface area (Å²) in [5, 5.41) is 9.25. The lowest BCUT2D eigenvalue weighted by Crippen LogP contribution is -2.33. The summed E-state index contributed by atoms with van der Waals surface area (Å²) in [6.07, 6.45) is 3.33. The van der Waals surface area contributed by atoms with Crippen LogP contribution in [0, 0.1) is 0 Å². The second-order valence-corrected chi connectivity index (χ2v) is 8.71. The largest absolute Gasteiger partial charge is 0.494 e. The van der Waals surface area contributed by atoms with E-state index in [2.05, 4.69) is 25.9 Å². The maximum Gasteiger partial charge on any atom is 0.253 e. The summed E-state index contributed by atoms with van der Waals surface area (Å²) in [4.78, 5) is 35.6. The molecule has 1 aromatic heterocycles. The van der Waals surface area contributed by atoms with Crippen molar-refractivity contribution < 1.29 is 19.1 Å². The van der Waals surface area contributed by atoms with Gasteiger partial charge in [-0.3, -0.25) is 9.59 Å². The quantitative estimate of drug-likeness (QED) is 0.379. The normalized spacial score (nSPS) is 13.0. The van der Waals surface area contributed by atoms with Crippen LogP contribution < -0.4 is 25.6 Å². The summed E-state index contributed by atoms with van der Waals surface area (Å²) >= 11 is 6.37. The van der Waals surface area contributed by atoms with Gasteiger partial charge >= 0.3 is 0 Å². The Morgan fingerprint density at radius 3 is 2.68 bits per heavy atom. The van der Waals surface area contributed by atoms with Crippen LogP contribution in [0.1, 0.15) is 28.8 Å². The highest BCUT2D eigenvalue weighted by molar-refractivity contribution is 6.33. The maximum absolute atomic E-state index is 12.7. The molecule has 0 saturated carbocycles. The Balaban J connectivity index is 1.65. The molecule has 2 aromatic carbocycles. The average Bonchev–Trinajstić information content (AvgIpc) is 3.07. The smallest absolute Gasteiger partial charge is 0.253 e. The molecular formula is C26H29ClN6O4. The number of rotatable bonds is 9. The molecule has 0 aliphatic carbocycles. The fourth-order valence-electron chi connectivity index (χ4n) is 4.24. The van der Waals surface area contributed by atoms with E-state index in [1.807, 2.05) is 18.2 Å². The fraction of sp³-hybridized carbons (Fsp3) is 0.308. The first-order valence-electron chi connectivity index (χ1n) is 11.8. The lowest BCUT2D eigenvalue weighted by molar-refractivity contribution is -0.118. The van der Waals surface area contributed by atoms with Crippen molar-refractivity contribution in [2.75, 3.05) is 50.0 Å². The first-order chi connectivity index (χ1) is 18.0. The number of amides is 2. The van der Waals surface area contributed by atoms with Crippen LogP contribution in [-0.4, -0.2) is 56.2 Å². The summed E-state index contributed by atoms with van der Waals surface area (Å²) in [5.74, 6) is 1.06. The highest BCUT2D eigenvalue weighted by Crippen LogP contribution is 2.40. The third-order valence-corrected chi connectivity index (χ3v) is 6.29. The SMILES string of the molecule is CNC(=O)c1ccccc1Nc1nc(Nc2ccc3c(c2OC)CCCC(=O)N3CCOC)ncc1Cl. The zero-order chi connectivity index (χ0) is 26.4. The van der Waals surface area contributed by atoms with Crippen LogP contribution in [0.25, 0.3) is 0 Å². The second kappa shape index (κ2) is 11.9. The number of ether oxygens (including phenoxy) is 2. The summed E-state index contributed by atoms with van der Waals surface area (Å²) in [6.45, 7) is 0.899. The number of para-hydroxylation sites is 1. The number of aromatic nitrogens is 2. The maximum atomic E-state index is 12.7. The van der Waals surface area contributed by atoms with Crippen molar-refractivity contribution in [1.82, 2.24) is 15.3 Å². The van der Waals surface area contributed by atoms with E-state index >= 15 is 0 Å². The van der Waals surface area contributed by atoms with Gasteiger partial charge in [0.25, 0.3) is 5.91 Å². The summed E-state index contributed by atoms with van der Waals surface area (Å²) in [7, 11) is 4.78. The molecule has 0 unspecified atom stereocenters. The molecule has 0 bridgehead atoms. The summed E-state index contributed by atoms with van der Waals surface area (Å²) < 4.78 is 11.0. The molecule has 2 amide bonds. The number of hydrogen-bond donors (Lipinski definition) is 3. The Labute approximate surface area is 220 Å². The molecule has 3 aromatic rings. The van der Waals surface area contributed by atoms with Crippen molar-refractivity contribution in [3.05, 3.63) is 58.7 Å². The molecule has 11 heteroatoms. The molecule has 10 nitrogen and oxygen atoms in total. The van der Waals surface area contributed by atoms with E-state index in [4.69, 9.17) is 21.1 Å². The van der Waals surface area contributed by atoms with Crippen molar-refractivity contribution in [2.24, 2.45) is 0 Å². The predicted octanol–water partition coefficient (Wildman–Crippen LogP) is 4.30. The molecular weight excluding hydrogens is 496 g/mol. The molecule has 4 rings (SSSR count). The molecule has 0 spiro atoms. The van der Waals surface area contributed by atoms with Gasteiger partial charge in [0.1, 0.15) is 10.8 Å². The van der Waals surface area contributed by atoms with Gasteiger partial charge in [-0.15, -0.1) is 0 Å². The number of carbonyl (C=O) groups is 2. The van der Waals surface area contributed by atoms with Gasteiger partial charge < -0.3 is 30.3 Å². The van der Waals surface area contributed by atoms with E-state index in [0.29, 0.717) is 65.9 Å². The van der Waals surface area contributed by atoms with Crippen LogP contribution in [-0.2, 0) is 16.0 Å². The number of methoxy groups -OCH3 is 2. The van der Waals surface area contributed by atoms with E-state index in [-0.39, 0.29) is 17.8 Å². The molecule has 3 N–H and O–H groups in total. The molecule has 1 aliphatic rings. The molecule has 194 valence electrons. The van der Waals surface area contributed by atoms with Gasteiger partial charge in [-0.2, -0.15) is 4.98 Å². The number of benzene rings is 2. The van der Waals surface area contributed by atoms with Crippen molar-refractivity contribution in [2.45, 2.75) is 19.3 Å². The van der Waals surface area contributed by atoms with Gasteiger partial charge in [0.2, 0.25) is 11.9 Å². The standard InChI is InChI=1S/C26H29ClN6O4/c1-28-25(35)16-7-4-5-9-19(16)30-24-18(27)15-29-26(32-24)31-20-11-12-21-17(23(20)37-3)8-6-10-22(34)33(21)13-14-36-2/h4-5,7,9,11-12,15H,6,8,10,13-14H2,1-3H3,(H,28,35)(H2,29,30,31,32). The Morgan fingerprint density at radius 2 is 1.92 bits per heavy atom. The van der Waals surface area contributed by atoms with Crippen LogP contribution in [0.15, 0.2) is 42.6 Å². The first-order valence-corrected chi connectivity index (χ1v) is 12.2. The average molecular weight is 525 g/mol. The van der Waals surface area contributed by atoms with Crippen LogP contribution in [0.5, 0.6) is 5.75 Å². The number of halogens is 1. The summed E-state index contributed by atoms with van der Waals surface area (Å²) in [5.41, 5.74) is 3.40. The zero-order valence-corrected chi connectivity index (χ0v) is 21.7. The van der Waals surface area contributed by atoms with Crippen LogP contribution in [0.2, 0.25) is 5.02 Å². The third kappa shape index (κ3) is 5.76. The highest BCUT2D eigenvalue weighted by Gasteiger charge is 2.26. The van der Waals surface area contributed by atoms with Gasteiger partial charge in [-0.1, -0.05) is 23.7 Å². The lowest BCUT2D eigenvalue weighted by atomic mass is 10.0. The Hall–Kier alpha value is -3.89. The van der Waals surface area contributed by atoms with Crippen molar-refractivity contribution in [3.63, 3.8) is 0 Å². The number of hydrogen-bond acceptors (Lipinski definition) is 8. The van der Waals surface area contributed by atoms with Crippen molar-refractivity contribution in [1.29, 1.82) is 0 Å². The molecule has 0 atom stereocenters. The first kappa shape index (κ1) is 26.2. The van der Waals surface area contributed by atoms with Crippen LogP contribution >= 0.6 is 11.6 Å². The lowest BCUT2D eigenvalue weighted by Gasteiger charge is -2.25. The number of anilines is 5. The summed E-state index contributed by atoms with van der Waals surface area (Å²) in [6, 6.07) is 10.8. The molecule has 0 fully saturated rings. The number of nitrogens with one attached hydrogen (secondary N) is 3. The molecule has 1 aliphatic heterocycles. The van der Waals surface area contributed by atoms with E-state index in [9.17, 15) is 9.59 Å². The van der Waals surface area contributed by atoms with E-state index in [0.717, 1.165) is 11.3 Å². The van der Waals surface area contributed by atoms with Gasteiger partial charge in [-0.25, -0.2) is 4.98 Å². The van der Waals surface area contributed by atoms with E-state index in [1.165, 1.54) is 6.20 Å². The third-order valence-electron chi connectivity index (χ3n) is 6.01. The number of fused-ring (bicyclic) bond motifs is 1. The van der Waals surface area contributed by atoms with Gasteiger partial charge in [-0.05, 0) is 37.1 Å². The second-order valence-electron chi connectivity index (χ2n) is 8.30.